The first kappa shape index (κ1) is 20.2. The minimum atomic E-state index is 0.126. The smallest absolute Gasteiger partial charge is 0.224 e. The number of carbonyl (C=O) groups excluding carboxylic acids is 1. The summed E-state index contributed by atoms with van der Waals surface area (Å²) in [6.07, 6.45) is 9.81. The zero-order valence-corrected chi connectivity index (χ0v) is 17.4. The minimum Gasteiger partial charge on any atom is -0.363 e. The Morgan fingerprint density at radius 3 is 2.85 bits per heavy atom. The van der Waals surface area contributed by atoms with E-state index in [0.717, 1.165) is 57.3 Å². The van der Waals surface area contributed by atoms with E-state index in [0.29, 0.717) is 11.8 Å². The number of rotatable bonds is 4. The molecular weight excluding hydrogens is 334 g/mol. The Hall–Kier alpha value is -1.55. The molecule has 4 nitrogen and oxygen atoms in total. The normalized spacial score (nSPS) is 33.7. The van der Waals surface area contributed by atoms with Crippen LogP contribution in [0.25, 0.3) is 0 Å². The summed E-state index contributed by atoms with van der Waals surface area (Å²) in [5, 5.41) is 10.3. The fourth-order valence-corrected chi connectivity index (χ4v) is 5.03. The summed E-state index contributed by atoms with van der Waals surface area (Å²) < 4.78 is 0. The molecule has 3 N–H and O–H groups in total. The summed E-state index contributed by atoms with van der Waals surface area (Å²) in [7, 11) is 0. The molecule has 2 aliphatic heterocycles. The molecule has 1 amide bonds. The molecule has 0 spiro atoms. The van der Waals surface area contributed by atoms with E-state index in [2.05, 4.69) is 49.4 Å². The average molecular weight is 372 g/mol. The number of piperidine rings is 1. The molecule has 2 fully saturated rings. The van der Waals surface area contributed by atoms with Gasteiger partial charge in [0.15, 0.2) is 0 Å². The van der Waals surface area contributed by atoms with Crippen molar-refractivity contribution < 1.29 is 4.79 Å². The quantitative estimate of drug-likeness (QED) is 0.654. The summed E-state index contributed by atoms with van der Waals surface area (Å²) >= 11 is 0. The van der Waals surface area contributed by atoms with Crippen LogP contribution in [0.5, 0.6) is 0 Å². The van der Waals surface area contributed by atoms with Crippen LogP contribution >= 0.6 is 0 Å². The minimum absolute atomic E-state index is 0.126. The summed E-state index contributed by atoms with van der Waals surface area (Å²) in [5.41, 5.74) is 5.37. The molecule has 4 atom stereocenters. The third-order valence-corrected chi connectivity index (χ3v) is 6.61. The molecule has 4 heteroatoms. The maximum Gasteiger partial charge on any atom is 0.224 e. The standard InChI is InChI=1S/C23H37N3O/c1-5-20-19(13-21-16(3)8-9-17(4)25-21)11-15(2)12-22(20)26-23(27)18-7-6-10-24-14-18/h5,15,18-19,22,24-25H,4,6-14H2,1-3H3,(H,26,27)/b20-5+. The predicted octanol–water partition coefficient (Wildman–Crippen LogP) is 4.02. The maximum absolute atomic E-state index is 12.8. The second kappa shape index (κ2) is 9.09. The van der Waals surface area contributed by atoms with Crippen molar-refractivity contribution in [1.82, 2.24) is 16.0 Å². The van der Waals surface area contributed by atoms with Crippen LogP contribution in [0.3, 0.4) is 0 Å². The molecule has 0 aromatic rings. The van der Waals surface area contributed by atoms with Crippen LogP contribution in [0, 0.1) is 17.8 Å². The van der Waals surface area contributed by atoms with E-state index in [1.54, 1.807) is 0 Å². The molecule has 0 aromatic heterocycles. The first-order chi connectivity index (χ1) is 13.0. The molecule has 27 heavy (non-hydrogen) atoms. The molecule has 150 valence electrons. The van der Waals surface area contributed by atoms with Gasteiger partial charge in [-0.25, -0.2) is 0 Å². The molecule has 0 bridgehead atoms. The van der Waals surface area contributed by atoms with Gasteiger partial charge in [-0.15, -0.1) is 0 Å². The van der Waals surface area contributed by atoms with E-state index in [4.69, 9.17) is 0 Å². The van der Waals surface area contributed by atoms with Crippen molar-refractivity contribution in [3.8, 4) is 0 Å². The van der Waals surface area contributed by atoms with Crippen LogP contribution in [-0.4, -0.2) is 25.0 Å². The maximum atomic E-state index is 12.8. The Kier molecular flexibility index (Phi) is 6.80. The first-order valence-corrected chi connectivity index (χ1v) is 10.8. The van der Waals surface area contributed by atoms with Gasteiger partial charge in [-0.2, -0.15) is 0 Å². The van der Waals surface area contributed by atoms with E-state index in [1.165, 1.54) is 23.3 Å². The lowest BCUT2D eigenvalue weighted by Gasteiger charge is -2.39. The molecule has 3 rings (SSSR count). The van der Waals surface area contributed by atoms with E-state index < -0.39 is 0 Å². The van der Waals surface area contributed by atoms with Crippen molar-refractivity contribution >= 4 is 5.91 Å². The van der Waals surface area contributed by atoms with Crippen molar-refractivity contribution in [2.24, 2.45) is 17.8 Å². The highest BCUT2D eigenvalue weighted by atomic mass is 16.2. The highest BCUT2D eigenvalue weighted by molar-refractivity contribution is 5.79. The molecule has 0 radical (unpaired) electrons. The van der Waals surface area contributed by atoms with Crippen LogP contribution < -0.4 is 16.0 Å². The van der Waals surface area contributed by atoms with Crippen molar-refractivity contribution in [3.63, 3.8) is 0 Å². The van der Waals surface area contributed by atoms with Gasteiger partial charge < -0.3 is 16.0 Å². The van der Waals surface area contributed by atoms with Gasteiger partial charge in [0, 0.05) is 17.9 Å². The van der Waals surface area contributed by atoms with Crippen LogP contribution in [0.15, 0.2) is 35.2 Å². The lowest BCUT2D eigenvalue weighted by molar-refractivity contribution is -0.126. The number of amides is 1. The Balaban J connectivity index is 1.70. The van der Waals surface area contributed by atoms with Crippen molar-refractivity contribution in [2.45, 2.75) is 71.8 Å². The lowest BCUT2D eigenvalue weighted by Crippen LogP contribution is -2.48. The van der Waals surface area contributed by atoms with Gasteiger partial charge >= 0.3 is 0 Å². The van der Waals surface area contributed by atoms with Crippen molar-refractivity contribution in [2.75, 3.05) is 13.1 Å². The number of carbonyl (C=O) groups is 1. The zero-order chi connectivity index (χ0) is 19.4. The number of hydrogen-bond donors (Lipinski definition) is 3. The second-order valence-electron chi connectivity index (χ2n) is 8.86. The zero-order valence-electron chi connectivity index (χ0n) is 17.4. The summed E-state index contributed by atoms with van der Waals surface area (Å²) in [6.45, 7) is 12.7. The molecule has 0 aromatic carbocycles. The molecule has 1 saturated carbocycles. The monoisotopic (exact) mass is 371 g/mol. The molecule has 2 heterocycles. The number of allylic oxidation sites excluding steroid dienone is 4. The summed E-state index contributed by atoms with van der Waals surface area (Å²) in [6, 6.07) is 0.186. The largest absolute Gasteiger partial charge is 0.363 e. The lowest BCUT2D eigenvalue weighted by atomic mass is 9.73. The summed E-state index contributed by atoms with van der Waals surface area (Å²) in [4.78, 5) is 12.8. The number of nitrogens with one attached hydrogen (secondary N) is 3. The van der Waals surface area contributed by atoms with Gasteiger partial charge in [0.05, 0.1) is 12.0 Å². The summed E-state index contributed by atoms with van der Waals surface area (Å²) in [5.74, 6) is 1.48. The first-order valence-electron chi connectivity index (χ1n) is 10.8. The Bertz CT molecular complexity index is 628. The Labute approximate surface area is 164 Å². The van der Waals surface area contributed by atoms with Crippen molar-refractivity contribution in [1.29, 1.82) is 0 Å². The Morgan fingerprint density at radius 1 is 1.33 bits per heavy atom. The second-order valence-corrected chi connectivity index (χ2v) is 8.86. The fraction of sp³-hybridized carbons (Fsp3) is 0.696. The molecule has 3 aliphatic rings. The van der Waals surface area contributed by atoms with E-state index in [-0.39, 0.29) is 17.9 Å². The topological polar surface area (TPSA) is 53.2 Å². The highest BCUT2D eigenvalue weighted by Crippen LogP contribution is 2.38. The van der Waals surface area contributed by atoms with Gasteiger partial charge in [-0.1, -0.05) is 25.2 Å². The average Bonchev–Trinajstić information content (AvgIpc) is 2.65. The number of hydrogen-bond acceptors (Lipinski definition) is 3. The van der Waals surface area contributed by atoms with Gasteiger partial charge in [-0.05, 0) is 82.7 Å². The third-order valence-electron chi connectivity index (χ3n) is 6.61. The molecular formula is C23H37N3O. The molecule has 1 saturated heterocycles. The Morgan fingerprint density at radius 2 is 2.15 bits per heavy atom. The van der Waals surface area contributed by atoms with E-state index in [1.807, 2.05) is 0 Å². The third kappa shape index (κ3) is 5.04. The van der Waals surface area contributed by atoms with E-state index >= 15 is 0 Å². The van der Waals surface area contributed by atoms with Gasteiger partial charge in [0.1, 0.15) is 0 Å². The van der Waals surface area contributed by atoms with Crippen molar-refractivity contribution in [3.05, 3.63) is 35.2 Å². The predicted molar refractivity (Wildman–Crippen MR) is 112 cm³/mol. The van der Waals surface area contributed by atoms with Crippen LogP contribution in [0.2, 0.25) is 0 Å². The highest BCUT2D eigenvalue weighted by Gasteiger charge is 2.34. The van der Waals surface area contributed by atoms with Gasteiger partial charge in [-0.3, -0.25) is 4.79 Å². The van der Waals surface area contributed by atoms with Crippen LogP contribution in [0.4, 0.5) is 0 Å². The van der Waals surface area contributed by atoms with Gasteiger partial charge in [0.2, 0.25) is 5.91 Å². The molecule has 4 unspecified atom stereocenters. The SMILES string of the molecule is C=C1CCC(C)=C(CC2CC(C)CC(NC(=O)C3CCCNC3)/C2=C/C)N1. The van der Waals surface area contributed by atoms with Crippen LogP contribution in [-0.2, 0) is 4.79 Å². The molecule has 1 aliphatic carbocycles. The fourth-order valence-electron chi connectivity index (χ4n) is 5.03. The van der Waals surface area contributed by atoms with Gasteiger partial charge in [0.25, 0.3) is 0 Å². The van der Waals surface area contributed by atoms with Crippen LogP contribution in [0.1, 0.15) is 65.7 Å². The van der Waals surface area contributed by atoms with E-state index in [9.17, 15) is 4.79 Å².